The third kappa shape index (κ3) is 3.95. The zero-order valence-corrected chi connectivity index (χ0v) is 14.6. The minimum atomic E-state index is -3.88. The number of halogens is 1. The lowest BCUT2D eigenvalue weighted by molar-refractivity contribution is 0.402. The molecule has 0 aliphatic rings. The van der Waals surface area contributed by atoms with Gasteiger partial charge in [-0.3, -0.25) is 4.98 Å². The minimum Gasteiger partial charge on any atom is -0.495 e. The maximum absolute atomic E-state index is 12.5. The van der Waals surface area contributed by atoms with Gasteiger partial charge in [-0.1, -0.05) is 11.6 Å². The van der Waals surface area contributed by atoms with Crippen LogP contribution in [0.3, 0.4) is 0 Å². The standard InChI is InChI=1S/C15H13ClN4O4S/c1-23-12-3-2-11(16)8-13(12)25(21,22)18-9-14-19-20-15(24-14)10-4-6-17-7-5-10/h2-8,18H,9H2,1H3. The van der Waals surface area contributed by atoms with Crippen LogP contribution in [0.2, 0.25) is 5.02 Å². The number of sulfonamides is 1. The van der Waals surface area contributed by atoms with Crippen molar-refractivity contribution < 1.29 is 17.6 Å². The predicted molar refractivity (Wildman–Crippen MR) is 89.6 cm³/mol. The number of ether oxygens (including phenoxy) is 1. The molecule has 1 N–H and O–H groups in total. The van der Waals surface area contributed by atoms with Crippen LogP contribution in [0.1, 0.15) is 5.89 Å². The number of benzene rings is 1. The summed E-state index contributed by atoms with van der Waals surface area (Å²) in [7, 11) is -2.50. The van der Waals surface area contributed by atoms with Gasteiger partial charge in [0.25, 0.3) is 0 Å². The van der Waals surface area contributed by atoms with Crippen molar-refractivity contribution in [3.05, 3.63) is 53.6 Å². The molecule has 130 valence electrons. The Labute approximate surface area is 148 Å². The summed E-state index contributed by atoms with van der Waals surface area (Å²) in [4.78, 5) is 3.83. The molecule has 0 spiro atoms. The summed E-state index contributed by atoms with van der Waals surface area (Å²) < 4.78 is 37.8. The summed E-state index contributed by atoms with van der Waals surface area (Å²) in [5.41, 5.74) is 0.688. The lowest BCUT2D eigenvalue weighted by Gasteiger charge is -2.10. The molecule has 0 fully saturated rings. The molecule has 8 nitrogen and oxygen atoms in total. The van der Waals surface area contributed by atoms with E-state index in [2.05, 4.69) is 19.9 Å². The molecule has 0 bridgehead atoms. The number of hydrogen-bond acceptors (Lipinski definition) is 7. The van der Waals surface area contributed by atoms with Gasteiger partial charge in [0.1, 0.15) is 10.6 Å². The van der Waals surface area contributed by atoms with Crippen molar-refractivity contribution in [2.75, 3.05) is 7.11 Å². The van der Waals surface area contributed by atoms with E-state index in [0.717, 1.165) is 0 Å². The molecular formula is C15H13ClN4O4S. The van der Waals surface area contributed by atoms with Crippen LogP contribution in [0.15, 0.2) is 52.0 Å². The van der Waals surface area contributed by atoms with Gasteiger partial charge in [-0.2, -0.15) is 0 Å². The molecule has 2 heterocycles. The Morgan fingerprint density at radius 2 is 1.96 bits per heavy atom. The first-order valence-electron chi connectivity index (χ1n) is 7.05. The molecule has 10 heteroatoms. The number of methoxy groups -OCH3 is 1. The van der Waals surface area contributed by atoms with Crippen LogP contribution in [-0.2, 0) is 16.6 Å². The van der Waals surface area contributed by atoms with Gasteiger partial charge >= 0.3 is 0 Å². The first-order valence-corrected chi connectivity index (χ1v) is 8.92. The highest BCUT2D eigenvalue weighted by molar-refractivity contribution is 7.89. The minimum absolute atomic E-state index is 0.0728. The van der Waals surface area contributed by atoms with Crippen LogP contribution >= 0.6 is 11.6 Å². The summed E-state index contributed by atoms with van der Waals surface area (Å²) in [6.07, 6.45) is 3.18. The lowest BCUT2D eigenvalue weighted by Crippen LogP contribution is -2.24. The van der Waals surface area contributed by atoms with Gasteiger partial charge in [-0.15, -0.1) is 10.2 Å². The molecule has 0 saturated carbocycles. The Morgan fingerprint density at radius 3 is 2.68 bits per heavy atom. The number of rotatable bonds is 6. The molecule has 1 aromatic carbocycles. The van der Waals surface area contributed by atoms with Gasteiger partial charge in [-0.05, 0) is 30.3 Å². The molecular weight excluding hydrogens is 368 g/mol. The van der Waals surface area contributed by atoms with E-state index in [4.69, 9.17) is 20.8 Å². The number of hydrogen-bond donors (Lipinski definition) is 1. The average molecular weight is 381 g/mol. The van der Waals surface area contributed by atoms with E-state index in [1.54, 1.807) is 30.6 Å². The van der Waals surface area contributed by atoms with Crippen LogP contribution in [0.5, 0.6) is 5.75 Å². The van der Waals surface area contributed by atoms with Crippen LogP contribution in [0.4, 0.5) is 0 Å². The lowest BCUT2D eigenvalue weighted by atomic mass is 10.3. The number of nitrogens with one attached hydrogen (secondary N) is 1. The second kappa shape index (κ2) is 7.18. The van der Waals surface area contributed by atoms with Crippen LogP contribution in [-0.4, -0.2) is 30.7 Å². The van der Waals surface area contributed by atoms with Crippen LogP contribution in [0, 0.1) is 0 Å². The van der Waals surface area contributed by atoms with Crippen LogP contribution < -0.4 is 9.46 Å². The maximum atomic E-state index is 12.5. The van der Waals surface area contributed by atoms with Gasteiger partial charge in [0.2, 0.25) is 21.8 Å². The smallest absolute Gasteiger partial charge is 0.247 e. The highest BCUT2D eigenvalue weighted by Gasteiger charge is 2.21. The molecule has 3 aromatic rings. The Hall–Kier alpha value is -2.49. The van der Waals surface area contributed by atoms with E-state index >= 15 is 0 Å². The molecule has 0 aliphatic heterocycles. The molecule has 0 amide bonds. The SMILES string of the molecule is COc1ccc(Cl)cc1S(=O)(=O)NCc1nnc(-c2ccncc2)o1. The molecule has 3 rings (SSSR count). The Balaban J connectivity index is 1.77. The van der Waals surface area contributed by atoms with Crippen molar-refractivity contribution in [3.63, 3.8) is 0 Å². The van der Waals surface area contributed by atoms with Gasteiger partial charge in [-0.25, -0.2) is 13.1 Å². The average Bonchev–Trinajstić information content (AvgIpc) is 3.10. The Morgan fingerprint density at radius 1 is 1.20 bits per heavy atom. The van der Waals surface area contributed by atoms with Gasteiger partial charge in [0.15, 0.2) is 0 Å². The van der Waals surface area contributed by atoms with Gasteiger partial charge in [0, 0.05) is 23.0 Å². The number of pyridine rings is 1. The van der Waals surface area contributed by atoms with Crippen molar-refractivity contribution in [1.82, 2.24) is 19.9 Å². The first-order chi connectivity index (χ1) is 12.0. The van der Waals surface area contributed by atoms with Crippen molar-refractivity contribution in [1.29, 1.82) is 0 Å². The fourth-order valence-electron chi connectivity index (χ4n) is 2.03. The third-order valence-electron chi connectivity index (χ3n) is 3.22. The van der Waals surface area contributed by atoms with Crippen molar-refractivity contribution in [2.45, 2.75) is 11.4 Å². The summed E-state index contributed by atoms with van der Waals surface area (Å²) in [5, 5.41) is 7.99. The monoisotopic (exact) mass is 380 g/mol. The van der Waals surface area contributed by atoms with E-state index in [-0.39, 0.29) is 34.0 Å². The third-order valence-corrected chi connectivity index (χ3v) is 4.88. The summed E-state index contributed by atoms with van der Waals surface area (Å²) in [5.74, 6) is 0.577. The first kappa shape index (κ1) is 17.3. The van der Waals surface area contributed by atoms with E-state index in [0.29, 0.717) is 5.56 Å². The molecule has 0 aliphatic carbocycles. The highest BCUT2D eigenvalue weighted by Crippen LogP contribution is 2.27. The van der Waals surface area contributed by atoms with E-state index < -0.39 is 10.0 Å². The Kier molecular flexibility index (Phi) is 4.98. The van der Waals surface area contributed by atoms with Crippen molar-refractivity contribution >= 4 is 21.6 Å². The fourth-order valence-corrected chi connectivity index (χ4v) is 3.44. The second-order valence-electron chi connectivity index (χ2n) is 4.86. The predicted octanol–water partition coefficient (Wildman–Crippen LogP) is 2.27. The maximum Gasteiger partial charge on any atom is 0.247 e. The molecule has 0 unspecified atom stereocenters. The van der Waals surface area contributed by atoms with E-state index in [9.17, 15) is 8.42 Å². The summed E-state index contributed by atoms with van der Waals surface area (Å²) in [6.45, 7) is -0.171. The normalized spacial score (nSPS) is 11.4. The van der Waals surface area contributed by atoms with Gasteiger partial charge in [0.05, 0.1) is 13.7 Å². The molecule has 0 saturated heterocycles. The Bertz CT molecular complexity index is 976. The summed E-state index contributed by atoms with van der Waals surface area (Å²) >= 11 is 5.87. The fraction of sp³-hybridized carbons (Fsp3) is 0.133. The van der Waals surface area contributed by atoms with Gasteiger partial charge < -0.3 is 9.15 Å². The largest absolute Gasteiger partial charge is 0.495 e. The number of nitrogens with zero attached hydrogens (tertiary/aromatic N) is 3. The van der Waals surface area contributed by atoms with E-state index in [1.807, 2.05) is 0 Å². The highest BCUT2D eigenvalue weighted by atomic mass is 35.5. The van der Waals surface area contributed by atoms with E-state index in [1.165, 1.54) is 19.2 Å². The molecule has 25 heavy (non-hydrogen) atoms. The summed E-state index contributed by atoms with van der Waals surface area (Å²) in [6, 6.07) is 7.74. The molecule has 0 atom stereocenters. The van der Waals surface area contributed by atoms with Crippen molar-refractivity contribution in [3.8, 4) is 17.2 Å². The second-order valence-corrected chi connectivity index (χ2v) is 7.03. The van der Waals surface area contributed by atoms with Crippen molar-refractivity contribution in [2.24, 2.45) is 0 Å². The topological polar surface area (TPSA) is 107 Å². The number of aromatic nitrogens is 3. The zero-order valence-electron chi connectivity index (χ0n) is 13.0. The van der Waals surface area contributed by atoms with Crippen LogP contribution in [0.25, 0.3) is 11.5 Å². The molecule has 0 radical (unpaired) electrons. The zero-order chi connectivity index (χ0) is 17.9. The quantitative estimate of drug-likeness (QED) is 0.698. The molecule has 2 aromatic heterocycles.